The molecule has 0 saturated carbocycles. The minimum atomic E-state index is -2.83. The first kappa shape index (κ1) is 19.6. The summed E-state index contributed by atoms with van der Waals surface area (Å²) in [5, 5.41) is 3.61. The predicted molar refractivity (Wildman–Crippen MR) is 100 cm³/mol. The Labute approximate surface area is 162 Å². The smallest absolute Gasteiger partial charge is 0.387 e. The van der Waals surface area contributed by atoms with Gasteiger partial charge in [0.05, 0.1) is 6.54 Å². The van der Waals surface area contributed by atoms with Gasteiger partial charge in [0.15, 0.2) is 0 Å². The second-order valence-corrected chi connectivity index (χ2v) is 6.89. The predicted octanol–water partition coefficient (Wildman–Crippen LogP) is 4.05. The molecule has 144 valence electrons. The Morgan fingerprint density at radius 1 is 1.19 bits per heavy atom. The number of benzene rings is 2. The average molecular weight is 395 g/mol. The number of likely N-dealkylation sites (tertiary alicyclic amines) is 1. The summed E-state index contributed by atoms with van der Waals surface area (Å²) in [5.74, 6) is 0.107. The third-order valence-corrected chi connectivity index (χ3v) is 4.87. The number of rotatable bonds is 8. The van der Waals surface area contributed by atoms with Gasteiger partial charge in [0.25, 0.3) is 0 Å². The first-order valence-electron chi connectivity index (χ1n) is 8.81. The highest BCUT2D eigenvalue weighted by Gasteiger charge is 2.30. The molecule has 0 aromatic heterocycles. The van der Waals surface area contributed by atoms with Gasteiger partial charge < -0.3 is 10.1 Å². The van der Waals surface area contributed by atoms with Crippen LogP contribution in [0.25, 0.3) is 0 Å². The van der Waals surface area contributed by atoms with Gasteiger partial charge in [-0.1, -0.05) is 35.9 Å². The maximum atomic E-state index is 12.2. The van der Waals surface area contributed by atoms with Gasteiger partial charge >= 0.3 is 6.61 Å². The summed E-state index contributed by atoms with van der Waals surface area (Å²) in [6.07, 6.45) is 1.66. The topological polar surface area (TPSA) is 41.6 Å². The van der Waals surface area contributed by atoms with E-state index in [-0.39, 0.29) is 17.7 Å². The molecule has 1 N–H and O–H groups in total. The van der Waals surface area contributed by atoms with Crippen LogP contribution in [0.2, 0.25) is 5.02 Å². The lowest BCUT2D eigenvalue weighted by molar-refractivity contribution is -0.124. The fourth-order valence-electron chi connectivity index (χ4n) is 3.12. The Morgan fingerprint density at radius 3 is 2.48 bits per heavy atom. The van der Waals surface area contributed by atoms with Crippen molar-refractivity contribution >= 4 is 17.5 Å². The number of halogens is 3. The van der Waals surface area contributed by atoms with E-state index in [1.54, 1.807) is 12.1 Å². The highest BCUT2D eigenvalue weighted by atomic mass is 35.5. The van der Waals surface area contributed by atoms with Crippen LogP contribution in [-0.2, 0) is 11.2 Å². The molecule has 1 atom stereocenters. The summed E-state index contributed by atoms with van der Waals surface area (Å²) in [7, 11) is 0. The zero-order valence-corrected chi connectivity index (χ0v) is 15.5. The number of hydrogen-bond acceptors (Lipinski definition) is 3. The SMILES string of the molecule is O=C(CN1CC[C@@H]1c1ccc(Cl)cc1)NCCc1ccc(OC(F)F)cc1. The summed E-state index contributed by atoms with van der Waals surface area (Å²) in [6, 6.07) is 14.4. The van der Waals surface area contributed by atoms with Crippen LogP contribution in [0.4, 0.5) is 8.78 Å². The van der Waals surface area contributed by atoms with Crippen molar-refractivity contribution in [3.63, 3.8) is 0 Å². The molecule has 1 amide bonds. The van der Waals surface area contributed by atoms with Crippen LogP contribution in [0.1, 0.15) is 23.6 Å². The lowest BCUT2D eigenvalue weighted by Crippen LogP contribution is -2.47. The molecule has 3 rings (SSSR count). The van der Waals surface area contributed by atoms with Crippen molar-refractivity contribution in [2.75, 3.05) is 19.6 Å². The van der Waals surface area contributed by atoms with E-state index in [0.717, 1.165) is 18.5 Å². The van der Waals surface area contributed by atoms with Crippen LogP contribution in [0.3, 0.4) is 0 Å². The first-order chi connectivity index (χ1) is 13.0. The summed E-state index contributed by atoms with van der Waals surface area (Å²) < 4.78 is 28.6. The fourth-order valence-corrected chi connectivity index (χ4v) is 3.24. The fraction of sp³-hybridized carbons (Fsp3) is 0.350. The molecule has 1 heterocycles. The van der Waals surface area contributed by atoms with Gasteiger partial charge in [-0.25, -0.2) is 0 Å². The van der Waals surface area contributed by atoms with Crippen molar-refractivity contribution in [3.05, 3.63) is 64.7 Å². The van der Waals surface area contributed by atoms with Crippen molar-refractivity contribution in [2.45, 2.75) is 25.5 Å². The second kappa shape index (κ2) is 9.15. The van der Waals surface area contributed by atoms with E-state index in [2.05, 4.69) is 15.0 Å². The molecule has 0 unspecified atom stereocenters. The van der Waals surface area contributed by atoms with Crippen molar-refractivity contribution in [2.24, 2.45) is 0 Å². The number of carbonyl (C=O) groups is 1. The highest BCUT2D eigenvalue weighted by Crippen LogP contribution is 2.33. The standard InChI is InChI=1S/C20H21ClF2N2O2/c21-16-5-3-15(4-6-16)18-10-12-25(18)13-19(26)24-11-9-14-1-7-17(8-2-14)27-20(22)23/h1-8,18,20H,9-13H2,(H,24,26)/t18-/m1/s1. The monoisotopic (exact) mass is 394 g/mol. The minimum Gasteiger partial charge on any atom is -0.435 e. The molecule has 0 spiro atoms. The average Bonchev–Trinajstić information content (AvgIpc) is 2.62. The first-order valence-corrected chi connectivity index (χ1v) is 9.19. The van der Waals surface area contributed by atoms with Crippen LogP contribution in [0.15, 0.2) is 48.5 Å². The molecule has 7 heteroatoms. The molecule has 2 aromatic rings. The van der Waals surface area contributed by atoms with Crippen LogP contribution < -0.4 is 10.1 Å². The molecule has 27 heavy (non-hydrogen) atoms. The normalized spacial score (nSPS) is 16.8. The van der Waals surface area contributed by atoms with Crippen molar-refractivity contribution in [1.29, 1.82) is 0 Å². The minimum absolute atomic E-state index is 0.0219. The number of carbonyl (C=O) groups excluding carboxylic acids is 1. The maximum absolute atomic E-state index is 12.2. The van der Waals surface area contributed by atoms with Crippen LogP contribution in [0, 0.1) is 0 Å². The zero-order valence-electron chi connectivity index (χ0n) is 14.7. The Hall–Kier alpha value is -2.18. The highest BCUT2D eigenvalue weighted by molar-refractivity contribution is 6.30. The van der Waals surface area contributed by atoms with Crippen molar-refractivity contribution in [3.8, 4) is 5.75 Å². The largest absolute Gasteiger partial charge is 0.435 e. The van der Waals surface area contributed by atoms with Gasteiger partial charge in [-0.2, -0.15) is 8.78 Å². The van der Waals surface area contributed by atoms with E-state index in [1.165, 1.54) is 17.7 Å². The molecule has 0 aliphatic carbocycles. The van der Waals surface area contributed by atoms with Gasteiger partial charge in [-0.15, -0.1) is 0 Å². The molecular weight excluding hydrogens is 374 g/mol. The third-order valence-electron chi connectivity index (χ3n) is 4.62. The van der Waals surface area contributed by atoms with Gasteiger partial charge in [0.2, 0.25) is 5.91 Å². The molecule has 2 aromatic carbocycles. The number of ether oxygens (including phenoxy) is 1. The van der Waals surface area contributed by atoms with Gasteiger partial charge in [0, 0.05) is 24.2 Å². The van der Waals surface area contributed by atoms with Crippen LogP contribution >= 0.6 is 11.6 Å². The number of hydrogen-bond donors (Lipinski definition) is 1. The molecule has 1 saturated heterocycles. The van der Waals surface area contributed by atoms with Gasteiger partial charge in [-0.05, 0) is 48.2 Å². The quantitative estimate of drug-likeness (QED) is 0.734. The van der Waals surface area contributed by atoms with Crippen molar-refractivity contribution in [1.82, 2.24) is 10.2 Å². The second-order valence-electron chi connectivity index (χ2n) is 6.45. The zero-order chi connectivity index (χ0) is 19.2. The number of nitrogens with one attached hydrogen (secondary N) is 1. The Bertz CT molecular complexity index is 754. The van der Waals surface area contributed by atoms with Crippen LogP contribution in [-0.4, -0.2) is 37.1 Å². The molecule has 4 nitrogen and oxygen atoms in total. The molecule has 1 fully saturated rings. The summed E-state index contributed by atoms with van der Waals surface area (Å²) >= 11 is 5.92. The third kappa shape index (κ3) is 5.65. The van der Waals surface area contributed by atoms with E-state index in [9.17, 15) is 13.6 Å². The lowest BCUT2D eigenvalue weighted by Gasteiger charge is -2.40. The van der Waals surface area contributed by atoms with Gasteiger partial charge in [-0.3, -0.25) is 9.69 Å². The van der Waals surface area contributed by atoms with Gasteiger partial charge in [0.1, 0.15) is 5.75 Å². The van der Waals surface area contributed by atoms with Crippen LogP contribution in [0.5, 0.6) is 5.75 Å². The Morgan fingerprint density at radius 2 is 1.89 bits per heavy atom. The molecule has 0 radical (unpaired) electrons. The van der Waals surface area contributed by atoms with E-state index >= 15 is 0 Å². The number of nitrogens with zero attached hydrogens (tertiary/aromatic N) is 1. The van der Waals surface area contributed by atoms with E-state index < -0.39 is 6.61 Å². The molecule has 0 bridgehead atoms. The van der Waals surface area contributed by atoms with Crippen molar-refractivity contribution < 1.29 is 18.3 Å². The summed E-state index contributed by atoms with van der Waals surface area (Å²) in [6.45, 7) is -1.08. The lowest BCUT2D eigenvalue weighted by atomic mass is 9.95. The molecule has 1 aliphatic rings. The Kier molecular flexibility index (Phi) is 6.63. The summed E-state index contributed by atoms with van der Waals surface area (Å²) in [4.78, 5) is 14.3. The van der Waals surface area contributed by atoms with E-state index in [0.29, 0.717) is 24.5 Å². The maximum Gasteiger partial charge on any atom is 0.387 e. The molecular formula is C20H21ClF2N2O2. The van der Waals surface area contributed by atoms with E-state index in [4.69, 9.17) is 11.6 Å². The molecule has 1 aliphatic heterocycles. The number of alkyl halides is 2. The summed E-state index contributed by atoms with van der Waals surface area (Å²) in [5.41, 5.74) is 2.12. The Balaban J connectivity index is 1.40. The van der Waals surface area contributed by atoms with E-state index in [1.807, 2.05) is 24.3 Å². The number of amides is 1.